The van der Waals surface area contributed by atoms with Crippen LogP contribution < -0.4 is 5.32 Å². The van der Waals surface area contributed by atoms with Crippen LogP contribution in [0, 0.1) is 19.8 Å². The summed E-state index contributed by atoms with van der Waals surface area (Å²) in [5, 5.41) is 3.45. The molecule has 0 spiro atoms. The molecule has 4 aromatic rings. The fourth-order valence-corrected chi connectivity index (χ4v) is 3.42. The zero-order chi connectivity index (χ0) is 20.4. The van der Waals surface area contributed by atoms with Crippen molar-refractivity contribution in [1.29, 1.82) is 0 Å². The molecule has 0 saturated carbocycles. The molecule has 4 aromatic heterocycles. The lowest BCUT2D eigenvalue weighted by Crippen LogP contribution is -2.18. The molecule has 0 fully saturated rings. The van der Waals surface area contributed by atoms with Gasteiger partial charge < -0.3 is 9.73 Å². The van der Waals surface area contributed by atoms with Gasteiger partial charge >= 0.3 is 0 Å². The Balaban J connectivity index is 1.47. The van der Waals surface area contributed by atoms with Crippen LogP contribution in [0.3, 0.4) is 0 Å². The van der Waals surface area contributed by atoms with E-state index in [-0.39, 0.29) is 0 Å². The smallest absolute Gasteiger partial charge is 0.156 e. The highest BCUT2D eigenvalue weighted by atomic mass is 16.3. The van der Waals surface area contributed by atoms with E-state index >= 15 is 0 Å². The SMILES string of the molecule is Cc1ccc(-c2cc(NC[C@@H](C)C(C)c3ccnc4cc(C)oc34)ncn2)cn1. The van der Waals surface area contributed by atoms with Crippen LogP contribution in [0.15, 0.2) is 53.5 Å². The van der Waals surface area contributed by atoms with Crippen molar-refractivity contribution in [2.75, 3.05) is 11.9 Å². The molecule has 2 atom stereocenters. The fourth-order valence-electron chi connectivity index (χ4n) is 3.42. The largest absolute Gasteiger partial charge is 0.459 e. The van der Waals surface area contributed by atoms with E-state index in [1.54, 1.807) is 6.33 Å². The number of fused-ring (bicyclic) bond motifs is 1. The van der Waals surface area contributed by atoms with E-state index in [2.05, 4.69) is 45.2 Å². The number of aryl methyl sites for hydroxylation is 2. The molecule has 29 heavy (non-hydrogen) atoms. The summed E-state index contributed by atoms with van der Waals surface area (Å²) in [5.41, 5.74) is 5.82. The number of anilines is 1. The lowest BCUT2D eigenvalue weighted by Gasteiger charge is -2.21. The molecule has 0 bridgehead atoms. The average Bonchev–Trinajstić information content (AvgIpc) is 3.12. The Kier molecular flexibility index (Phi) is 5.25. The fraction of sp³-hybridized carbons (Fsp3) is 0.304. The van der Waals surface area contributed by atoms with Gasteiger partial charge in [0.2, 0.25) is 0 Å². The number of furan rings is 1. The summed E-state index contributed by atoms with van der Waals surface area (Å²) in [6.07, 6.45) is 5.28. The lowest BCUT2D eigenvalue weighted by molar-refractivity contribution is 0.501. The number of aromatic nitrogens is 4. The third kappa shape index (κ3) is 4.11. The van der Waals surface area contributed by atoms with Crippen LogP contribution in [-0.2, 0) is 0 Å². The number of pyridine rings is 2. The van der Waals surface area contributed by atoms with Crippen LogP contribution in [0.5, 0.6) is 0 Å². The average molecular weight is 387 g/mol. The summed E-state index contributed by atoms with van der Waals surface area (Å²) < 4.78 is 5.90. The van der Waals surface area contributed by atoms with E-state index in [1.165, 1.54) is 5.56 Å². The lowest BCUT2D eigenvalue weighted by atomic mass is 9.89. The monoisotopic (exact) mass is 387 g/mol. The molecule has 148 valence electrons. The van der Waals surface area contributed by atoms with E-state index < -0.39 is 0 Å². The van der Waals surface area contributed by atoms with Crippen LogP contribution in [0.1, 0.15) is 36.8 Å². The molecule has 0 radical (unpaired) electrons. The van der Waals surface area contributed by atoms with Gasteiger partial charge in [-0.2, -0.15) is 0 Å². The van der Waals surface area contributed by atoms with Gasteiger partial charge in [0, 0.05) is 47.9 Å². The zero-order valence-electron chi connectivity index (χ0n) is 17.2. The van der Waals surface area contributed by atoms with Crippen molar-refractivity contribution in [2.45, 2.75) is 33.6 Å². The molecule has 4 heterocycles. The van der Waals surface area contributed by atoms with Crippen LogP contribution in [-0.4, -0.2) is 26.5 Å². The minimum Gasteiger partial charge on any atom is -0.459 e. The highest BCUT2D eigenvalue weighted by Gasteiger charge is 2.19. The van der Waals surface area contributed by atoms with Crippen LogP contribution >= 0.6 is 0 Å². The third-order valence-electron chi connectivity index (χ3n) is 5.39. The second kappa shape index (κ2) is 7.99. The first kappa shape index (κ1) is 19.1. The summed E-state index contributed by atoms with van der Waals surface area (Å²) in [7, 11) is 0. The van der Waals surface area contributed by atoms with Crippen LogP contribution in [0.4, 0.5) is 5.82 Å². The van der Waals surface area contributed by atoms with Crippen molar-refractivity contribution in [3.05, 3.63) is 66.1 Å². The standard InChI is InChI=1S/C23H25N5O/c1-14(17(4)19-7-8-24-21-9-16(3)29-23(19)21)11-26-22-10-20(27-13-28-22)18-6-5-15(2)25-12-18/h5-10,12-14,17H,11H2,1-4H3,(H,26,27,28)/t14-,17?/m1/s1. The van der Waals surface area contributed by atoms with Gasteiger partial charge in [-0.15, -0.1) is 0 Å². The van der Waals surface area contributed by atoms with Crippen molar-refractivity contribution in [1.82, 2.24) is 19.9 Å². The van der Waals surface area contributed by atoms with Gasteiger partial charge in [-0.3, -0.25) is 9.97 Å². The highest BCUT2D eigenvalue weighted by molar-refractivity contribution is 5.77. The molecule has 6 nitrogen and oxygen atoms in total. The van der Waals surface area contributed by atoms with Gasteiger partial charge in [-0.25, -0.2) is 9.97 Å². The van der Waals surface area contributed by atoms with Gasteiger partial charge in [0.25, 0.3) is 0 Å². The second-order valence-electron chi connectivity index (χ2n) is 7.60. The molecule has 0 aliphatic heterocycles. The molecule has 4 rings (SSSR count). The Morgan fingerprint density at radius 3 is 2.66 bits per heavy atom. The van der Waals surface area contributed by atoms with E-state index in [0.717, 1.165) is 46.2 Å². The normalized spacial score (nSPS) is 13.4. The predicted molar refractivity (Wildman–Crippen MR) is 115 cm³/mol. The number of nitrogens with zero attached hydrogens (tertiary/aromatic N) is 4. The van der Waals surface area contributed by atoms with E-state index in [1.807, 2.05) is 50.5 Å². The summed E-state index contributed by atoms with van der Waals surface area (Å²) >= 11 is 0. The molecule has 0 saturated heterocycles. The number of rotatable bonds is 6. The summed E-state index contributed by atoms with van der Waals surface area (Å²) in [6.45, 7) is 9.17. The highest BCUT2D eigenvalue weighted by Crippen LogP contribution is 2.31. The molecule has 0 aromatic carbocycles. The number of hydrogen-bond donors (Lipinski definition) is 1. The number of nitrogens with one attached hydrogen (secondary N) is 1. The maximum absolute atomic E-state index is 5.90. The Bertz CT molecular complexity index is 1120. The van der Waals surface area contributed by atoms with E-state index in [4.69, 9.17) is 4.42 Å². The Hall–Kier alpha value is -3.28. The Labute approximate surface area is 170 Å². The molecule has 1 N–H and O–H groups in total. The van der Waals surface area contributed by atoms with Gasteiger partial charge in [0.15, 0.2) is 5.58 Å². The van der Waals surface area contributed by atoms with Crippen molar-refractivity contribution in [3.8, 4) is 11.3 Å². The first-order chi connectivity index (χ1) is 14.0. The Morgan fingerprint density at radius 2 is 1.86 bits per heavy atom. The Morgan fingerprint density at radius 1 is 1.00 bits per heavy atom. The predicted octanol–water partition coefficient (Wildman–Crippen LogP) is 5.15. The van der Waals surface area contributed by atoms with Gasteiger partial charge in [-0.05, 0) is 43.9 Å². The first-order valence-electron chi connectivity index (χ1n) is 9.85. The summed E-state index contributed by atoms with van der Waals surface area (Å²) in [5.74, 6) is 2.37. The molecule has 0 aliphatic carbocycles. The molecule has 0 aliphatic rings. The van der Waals surface area contributed by atoms with Crippen molar-refractivity contribution >= 4 is 16.9 Å². The molecule has 0 amide bonds. The van der Waals surface area contributed by atoms with Crippen LogP contribution in [0.2, 0.25) is 0 Å². The third-order valence-corrected chi connectivity index (χ3v) is 5.39. The molecular formula is C23H25N5O. The maximum atomic E-state index is 5.90. The summed E-state index contributed by atoms with van der Waals surface area (Å²) in [4.78, 5) is 17.5. The molecule has 6 heteroatoms. The quantitative estimate of drug-likeness (QED) is 0.493. The van der Waals surface area contributed by atoms with Crippen LogP contribution in [0.25, 0.3) is 22.4 Å². The van der Waals surface area contributed by atoms with Crippen molar-refractivity contribution in [3.63, 3.8) is 0 Å². The van der Waals surface area contributed by atoms with Gasteiger partial charge in [0.05, 0.1) is 5.69 Å². The number of hydrogen-bond acceptors (Lipinski definition) is 6. The maximum Gasteiger partial charge on any atom is 0.156 e. The first-order valence-corrected chi connectivity index (χ1v) is 9.85. The van der Waals surface area contributed by atoms with E-state index in [9.17, 15) is 0 Å². The zero-order valence-corrected chi connectivity index (χ0v) is 17.2. The summed E-state index contributed by atoms with van der Waals surface area (Å²) in [6, 6.07) is 10.0. The minimum absolute atomic E-state index is 0.307. The molecular weight excluding hydrogens is 362 g/mol. The van der Waals surface area contributed by atoms with Crippen molar-refractivity contribution < 1.29 is 4.42 Å². The second-order valence-corrected chi connectivity index (χ2v) is 7.60. The van der Waals surface area contributed by atoms with Gasteiger partial charge in [-0.1, -0.05) is 13.8 Å². The minimum atomic E-state index is 0.307. The van der Waals surface area contributed by atoms with Crippen molar-refractivity contribution in [2.24, 2.45) is 5.92 Å². The van der Waals surface area contributed by atoms with E-state index in [0.29, 0.717) is 11.8 Å². The topological polar surface area (TPSA) is 76.7 Å². The van der Waals surface area contributed by atoms with Gasteiger partial charge in [0.1, 0.15) is 23.4 Å². The molecule has 1 unspecified atom stereocenters.